The quantitative estimate of drug-likeness (QED) is 0.798. The molecule has 2 aromatic rings. The summed E-state index contributed by atoms with van der Waals surface area (Å²) in [7, 11) is -3.27. The monoisotopic (exact) mass is 312 g/mol. The summed E-state index contributed by atoms with van der Waals surface area (Å²) in [5.41, 5.74) is 1.48. The van der Waals surface area contributed by atoms with E-state index in [4.69, 9.17) is 11.6 Å². The zero-order valence-electron chi connectivity index (χ0n) is 11.3. The highest BCUT2D eigenvalue weighted by atomic mass is 35.5. The largest absolute Gasteiger partial charge is 0.328 e. The summed E-state index contributed by atoms with van der Waals surface area (Å²) in [5, 5.41) is 0. The molecule has 0 amide bonds. The number of benzene rings is 1. The van der Waals surface area contributed by atoms with Gasteiger partial charge in [-0.2, -0.15) is 0 Å². The van der Waals surface area contributed by atoms with Crippen LogP contribution in [-0.2, 0) is 22.8 Å². The van der Waals surface area contributed by atoms with Crippen molar-refractivity contribution in [1.82, 2.24) is 9.55 Å². The number of fused-ring (bicyclic) bond motifs is 1. The predicted octanol–water partition coefficient (Wildman–Crippen LogP) is 2.63. The third-order valence-corrected chi connectivity index (χ3v) is 4.99. The maximum Gasteiger partial charge on any atom is 0.177 e. The Balaban J connectivity index is 2.21. The lowest BCUT2D eigenvalue weighted by atomic mass is 10.3. The topological polar surface area (TPSA) is 52.0 Å². The van der Waals surface area contributed by atoms with Gasteiger partial charge in [0.1, 0.15) is 11.3 Å². The normalized spacial score (nSPS) is 15.9. The van der Waals surface area contributed by atoms with Crippen LogP contribution in [0.4, 0.5) is 0 Å². The van der Waals surface area contributed by atoms with Crippen molar-refractivity contribution in [3.8, 4) is 0 Å². The number of rotatable bonds is 5. The van der Waals surface area contributed by atoms with E-state index in [2.05, 4.69) is 9.55 Å². The molecule has 3 rings (SSSR count). The molecule has 4 nitrogen and oxygen atoms in total. The molecule has 0 radical (unpaired) electrons. The zero-order chi connectivity index (χ0) is 14.3. The molecule has 1 saturated carbocycles. The van der Waals surface area contributed by atoms with E-state index in [9.17, 15) is 8.42 Å². The van der Waals surface area contributed by atoms with Crippen LogP contribution in [0.15, 0.2) is 23.1 Å². The second-order valence-corrected chi connectivity index (χ2v) is 7.78. The van der Waals surface area contributed by atoms with Crippen LogP contribution in [0.1, 0.15) is 18.7 Å². The molecule has 0 spiro atoms. The van der Waals surface area contributed by atoms with Gasteiger partial charge in [0.15, 0.2) is 9.84 Å². The lowest BCUT2D eigenvalue weighted by Gasteiger charge is -2.07. The van der Waals surface area contributed by atoms with Crippen LogP contribution >= 0.6 is 11.6 Å². The summed E-state index contributed by atoms with van der Waals surface area (Å²) >= 11 is 5.85. The Bertz CT molecular complexity index is 748. The Labute approximate surface area is 123 Å². The van der Waals surface area contributed by atoms with E-state index in [1.165, 1.54) is 19.1 Å². The number of halogens is 1. The van der Waals surface area contributed by atoms with Crippen molar-refractivity contribution in [3.05, 3.63) is 24.0 Å². The summed E-state index contributed by atoms with van der Waals surface area (Å²) in [6, 6.07) is 5.35. The van der Waals surface area contributed by atoms with Crippen molar-refractivity contribution in [1.29, 1.82) is 0 Å². The fraction of sp³-hybridized carbons (Fsp3) is 0.500. The van der Waals surface area contributed by atoms with E-state index in [1.807, 2.05) is 6.07 Å². The van der Waals surface area contributed by atoms with Crippen molar-refractivity contribution in [2.24, 2.45) is 5.92 Å². The van der Waals surface area contributed by atoms with E-state index in [1.54, 1.807) is 12.1 Å². The first-order valence-corrected chi connectivity index (χ1v) is 9.17. The van der Waals surface area contributed by atoms with Gasteiger partial charge in [-0.3, -0.25) is 0 Å². The number of hydrogen-bond acceptors (Lipinski definition) is 3. The lowest BCUT2D eigenvalue weighted by Crippen LogP contribution is -2.06. The minimum absolute atomic E-state index is 0.306. The minimum atomic E-state index is -3.27. The number of imidazole rings is 1. The fourth-order valence-electron chi connectivity index (χ4n) is 2.51. The first kappa shape index (κ1) is 13.9. The molecular formula is C14H17ClN2O2S. The minimum Gasteiger partial charge on any atom is -0.328 e. The van der Waals surface area contributed by atoms with Gasteiger partial charge in [0, 0.05) is 25.1 Å². The molecule has 0 bridgehead atoms. The van der Waals surface area contributed by atoms with Crippen LogP contribution in [0.2, 0.25) is 0 Å². The molecule has 1 aromatic carbocycles. The molecule has 0 unspecified atom stereocenters. The summed E-state index contributed by atoms with van der Waals surface area (Å²) in [6.07, 6.45) is 4.37. The molecule has 0 saturated heterocycles. The molecule has 1 fully saturated rings. The Morgan fingerprint density at radius 1 is 1.40 bits per heavy atom. The molecule has 1 aliphatic carbocycles. The number of para-hydroxylation sites is 1. The lowest BCUT2D eigenvalue weighted by molar-refractivity contribution is 0.602. The Kier molecular flexibility index (Phi) is 3.50. The number of aromatic nitrogens is 2. The third kappa shape index (κ3) is 2.56. The SMILES string of the molecule is CS(=O)(=O)c1cccc2c1nc(CCCl)n2CC1CC1. The average Bonchev–Trinajstić information content (AvgIpc) is 3.12. The van der Waals surface area contributed by atoms with E-state index in [0.29, 0.717) is 28.6 Å². The van der Waals surface area contributed by atoms with Crippen molar-refractivity contribution >= 4 is 32.5 Å². The summed E-state index contributed by atoms with van der Waals surface area (Å²) < 4.78 is 25.9. The Hall–Kier alpha value is -1.07. The smallest absolute Gasteiger partial charge is 0.177 e. The third-order valence-electron chi connectivity index (χ3n) is 3.68. The van der Waals surface area contributed by atoms with Gasteiger partial charge in [0.05, 0.1) is 10.4 Å². The van der Waals surface area contributed by atoms with E-state index in [-0.39, 0.29) is 0 Å². The predicted molar refractivity (Wildman–Crippen MR) is 80.0 cm³/mol. The molecule has 0 aliphatic heterocycles. The molecule has 0 atom stereocenters. The summed E-state index contributed by atoms with van der Waals surface area (Å²) in [5.74, 6) is 2.07. The maximum absolute atomic E-state index is 11.9. The molecule has 0 N–H and O–H groups in total. The molecule has 6 heteroatoms. The van der Waals surface area contributed by atoms with Crippen LogP contribution in [-0.4, -0.2) is 30.1 Å². The van der Waals surface area contributed by atoms with Crippen molar-refractivity contribution in [2.75, 3.05) is 12.1 Å². The van der Waals surface area contributed by atoms with Crippen LogP contribution in [0.25, 0.3) is 11.0 Å². The number of nitrogens with zero attached hydrogens (tertiary/aromatic N) is 2. The number of aryl methyl sites for hydroxylation is 1. The first-order chi connectivity index (χ1) is 9.50. The van der Waals surface area contributed by atoms with Crippen LogP contribution in [0, 0.1) is 5.92 Å². The summed E-state index contributed by atoms with van der Waals surface area (Å²) in [4.78, 5) is 4.85. The van der Waals surface area contributed by atoms with Crippen LogP contribution in [0.3, 0.4) is 0 Å². The number of alkyl halides is 1. The van der Waals surface area contributed by atoms with E-state index >= 15 is 0 Å². The molecule has 108 valence electrons. The highest BCUT2D eigenvalue weighted by Gasteiger charge is 2.25. The fourth-order valence-corrected chi connectivity index (χ4v) is 3.50. The van der Waals surface area contributed by atoms with Crippen LogP contribution in [0.5, 0.6) is 0 Å². The van der Waals surface area contributed by atoms with Crippen molar-refractivity contribution < 1.29 is 8.42 Å². The number of hydrogen-bond donors (Lipinski definition) is 0. The molecule has 20 heavy (non-hydrogen) atoms. The molecule has 1 aromatic heterocycles. The van der Waals surface area contributed by atoms with Gasteiger partial charge in [0.25, 0.3) is 0 Å². The van der Waals surface area contributed by atoms with Gasteiger partial charge < -0.3 is 4.57 Å². The van der Waals surface area contributed by atoms with Gasteiger partial charge >= 0.3 is 0 Å². The van der Waals surface area contributed by atoms with Crippen LogP contribution < -0.4 is 0 Å². The maximum atomic E-state index is 11.9. The molecule has 1 heterocycles. The second-order valence-electron chi connectivity index (χ2n) is 5.42. The van der Waals surface area contributed by atoms with Crippen molar-refractivity contribution in [3.63, 3.8) is 0 Å². The number of sulfone groups is 1. The zero-order valence-corrected chi connectivity index (χ0v) is 12.9. The van der Waals surface area contributed by atoms with Gasteiger partial charge in [-0.15, -0.1) is 11.6 Å². The van der Waals surface area contributed by atoms with Crippen molar-refractivity contribution in [2.45, 2.75) is 30.7 Å². The van der Waals surface area contributed by atoms with Gasteiger partial charge in [-0.1, -0.05) is 6.07 Å². The first-order valence-electron chi connectivity index (χ1n) is 6.75. The molecular weight excluding hydrogens is 296 g/mol. The molecule has 1 aliphatic rings. The Morgan fingerprint density at radius 2 is 2.15 bits per heavy atom. The summed E-state index contributed by atoms with van der Waals surface area (Å²) in [6.45, 7) is 0.913. The van der Waals surface area contributed by atoms with E-state index < -0.39 is 9.84 Å². The van der Waals surface area contributed by atoms with Gasteiger partial charge in [-0.05, 0) is 30.9 Å². The highest BCUT2D eigenvalue weighted by molar-refractivity contribution is 7.91. The van der Waals surface area contributed by atoms with Gasteiger partial charge in [0.2, 0.25) is 0 Å². The standard InChI is InChI=1S/C14H17ClN2O2S/c1-20(18,19)12-4-2-3-11-14(12)16-13(7-8-15)17(11)9-10-5-6-10/h2-4,10H,5-9H2,1H3. The highest BCUT2D eigenvalue weighted by Crippen LogP contribution is 2.33. The van der Waals surface area contributed by atoms with E-state index in [0.717, 1.165) is 17.9 Å². The Morgan fingerprint density at radius 3 is 2.75 bits per heavy atom. The van der Waals surface area contributed by atoms with Gasteiger partial charge in [-0.25, -0.2) is 13.4 Å². The average molecular weight is 313 g/mol. The second kappa shape index (κ2) is 5.04.